The molecule has 1 aliphatic heterocycles. The molecule has 37 heavy (non-hydrogen) atoms. The van der Waals surface area contributed by atoms with Crippen LogP contribution in [0.3, 0.4) is 0 Å². The molecule has 5 N–H and O–H groups in total. The summed E-state index contributed by atoms with van der Waals surface area (Å²) < 4.78 is 5.16. The summed E-state index contributed by atoms with van der Waals surface area (Å²) >= 11 is 0. The van der Waals surface area contributed by atoms with Gasteiger partial charge in [-0.1, -0.05) is 12.1 Å². The molecule has 2 heterocycles. The SMILES string of the molecule is CNC(C)C(=O)N1CCC(NC(=O)c2ccncc2)CC1C(=O)NC(Cc1ccc(OC)cc1)C(N)=O. The van der Waals surface area contributed by atoms with Crippen molar-refractivity contribution in [3.05, 3.63) is 59.9 Å². The predicted molar refractivity (Wildman–Crippen MR) is 137 cm³/mol. The highest BCUT2D eigenvalue weighted by Crippen LogP contribution is 2.21. The maximum atomic E-state index is 13.5. The highest BCUT2D eigenvalue weighted by molar-refractivity contribution is 5.95. The molecular weight excluding hydrogens is 476 g/mol. The number of benzene rings is 1. The number of nitrogens with one attached hydrogen (secondary N) is 3. The van der Waals surface area contributed by atoms with Crippen LogP contribution in [0.5, 0.6) is 5.75 Å². The van der Waals surface area contributed by atoms with Gasteiger partial charge < -0.3 is 31.3 Å². The number of ether oxygens (including phenoxy) is 1. The van der Waals surface area contributed by atoms with Crippen LogP contribution in [0, 0.1) is 0 Å². The Hall–Kier alpha value is -3.99. The molecular formula is C26H34N6O5. The number of nitrogens with zero attached hydrogens (tertiary/aromatic N) is 2. The standard InChI is InChI=1S/C26H34N6O5/c1-16(28-2)26(36)32-13-10-19(30-24(34)18-8-11-29-12-9-18)15-22(32)25(35)31-21(23(27)33)14-17-4-6-20(37-3)7-5-17/h4-9,11-12,16,19,21-22,28H,10,13-15H2,1-3H3,(H2,27,33)(H,30,34)(H,31,35). The number of aromatic nitrogens is 1. The fraction of sp³-hybridized carbons (Fsp3) is 0.423. The van der Waals surface area contributed by atoms with E-state index in [1.165, 1.54) is 17.3 Å². The highest BCUT2D eigenvalue weighted by Gasteiger charge is 2.39. The van der Waals surface area contributed by atoms with E-state index in [1.807, 2.05) is 0 Å². The van der Waals surface area contributed by atoms with Gasteiger partial charge in [-0.05, 0) is 56.6 Å². The molecule has 0 radical (unpaired) electrons. The van der Waals surface area contributed by atoms with E-state index in [0.29, 0.717) is 17.7 Å². The van der Waals surface area contributed by atoms with Crippen molar-refractivity contribution in [3.8, 4) is 5.75 Å². The lowest BCUT2D eigenvalue weighted by Gasteiger charge is -2.40. The van der Waals surface area contributed by atoms with E-state index in [2.05, 4.69) is 20.9 Å². The van der Waals surface area contributed by atoms with Crippen LogP contribution in [0.1, 0.15) is 35.7 Å². The molecule has 1 aromatic heterocycles. The number of hydrogen-bond donors (Lipinski definition) is 4. The van der Waals surface area contributed by atoms with Crippen LogP contribution in [0.15, 0.2) is 48.8 Å². The summed E-state index contributed by atoms with van der Waals surface area (Å²) in [7, 11) is 3.22. The largest absolute Gasteiger partial charge is 0.497 e. The lowest BCUT2D eigenvalue weighted by Crippen LogP contribution is -2.61. The average molecular weight is 511 g/mol. The van der Waals surface area contributed by atoms with Crippen molar-refractivity contribution >= 4 is 23.6 Å². The van der Waals surface area contributed by atoms with E-state index in [1.54, 1.807) is 57.5 Å². The van der Waals surface area contributed by atoms with Gasteiger partial charge in [0.2, 0.25) is 17.7 Å². The molecule has 0 spiro atoms. The van der Waals surface area contributed by atoms with Crippen molar-refractivity contribution in [3.63, 3.8) is 0 Å². The topological polar surface area (TPSA) is 156 Å². The zero-order valence-corrected chi connectivity index (χ0v) is 21.3. The third-order valence-corrected chi connectivity index (χ3v) is 6.53. The smallest absolute Gasteiger partial charge is 0.251 e. The number of hydrogen-bond acceptors (Lipinski definition) is 7. The summed E-state index contributed by atoms with van der Waals surface area (Å²) in [5.41, 5.74) is 6.84. The molecule has 1 aliphatic rings. The van der Waals surface area contributed by atoms with E-state index >= 15 is 0 Å². The van der Waals surface area contributed by atoms with Crippen LogP contribution in [-0.2, 0) is 20.8 Å². The van der Waals surface area contributed by atoms with E-state index in [0.717, 1.165) is 5.56 Å². The molecule has 2 aromatic rings. The summed E-state index contributed by atoms with van der Waals surface area (Å²) in [6.07, 6.45) is 3.91. The molecule has 1 saturated heterocycles. The summed E-state index contributed by atoms with van der Waals surface area (Å²) in [5, 5.41) is 8.58. The minimum Gasteiger partial charge on any atom is -0.497 e. The molecule has 3 rings (SSSR count). The molecule has 1 fully saturated rings. The summed E-state index contributed by atoms with van der Waals surface area (Å²) in [4.78, 5) is 56.8. The van der Waals surface area contributed by atoms with Crippen LogP contribution in [-0.4, -0.2) is 78.4 Å². The van der Waals surface area contributed by atoms with Gasteiger partial charge in [0.25, 0.3) is 5.91 Å². The normalized spacial score (nSPS) is 18.8. The summed E-state index contributed by atoms with van der Waals surface area (Å²) in [6, 6.07) is 7.56. The molecule has 0 bridgehead atoms. The van der Waals surface area contributed by atoms with E-state index in [4.69, 9.17) is 10.5 Å². The van der Waals surface area contributed by atoms with E-state index in [-0.39, 0.29) is 37.2 Å². The number of likely N-dealkylation sites (tertiary alicyclic amines) is 1. The Morgan fingerprint density at radius 1 is 1.14 bits per heavy atom. The molecule has 11 nitrogen and oxygen atoms in total. The molecule has 4 atom stereocenters. The molecule has 11 heteroatoms. The van der Waals surface area contributed by atoms with Gasteiger partial charge in [-0.15, -0.1) is 0 Å². The van der Waals surface area contributed by atoms with E-state index < -0.39 is 29.9 Å². The Labute approximate surface area is 216 Å². The first kappa shape index (κ1) is 27.6. The Kier molecular flexibility index (Phi) is 9.56. The van der Waals surface area contributed by atoms with Gasteiger partial charge in [0.1, 0.15) is 17.8 Å². The quantitative estimate of drug-likeness (QED) is 0.351. The molecule has 4 unspecified atom stereocenters. The first-order chi connectivity index (χ1) is 17.7. The van der Waals surface area contributed by atoms with Crippen molar-refractivity contribution < 1.29 is 23.9 Å². The third-order valence-electron chi connectivity index (χ3n) is 6.53. The van der Waals surface area contributed by atoms with Crippen LogP contribution < -0.4 is 26.4 Å². The van der Waals surface area contributed by atoms with Gasteiger partial charge in [0, 0.05) is 37.0 Å². The van der Waals surface area contributed by atoms with Crippen molar-refractivity contribution in [1.82, 2.24) is 25.8 Å². The molecule has 0 aliphatic carbocycles. The van der Waals surface area contributed by atoms with Crippen LogP contribution in [0.25, 0.3) is 0 Å². The number of methoxy groups -OCH3 is 1. The highest BCUT2D eigenvalue weighted by atomic mass is 16.5. The Morgan fingerprint density at radius 3 is 2.41 bits per heavy atom. The number of amides is 4. The van der Waals surface area contributed by atoms with Crippen LogP contribution in [0.4, 0.5) is 0 Å². The number of rotatable bonds is 10. The van der Waals surface area contributed by atoms with Gasteiger partial charge in [-0.2, -0.15) is 0 Å². The molecule has 198 valence electrons. The van der Waals surface area contributed by atoms with Crippen molar-refractivity contribution in [2.45, 2.75) is 50.4 Å². The number of carbonyl (C=O) groups excluding carboxylic acids is 4. The minimum atomic E-state index is -0.980. The van der Waals surface area contributed by atoms with Crippen LogP contribution in [0.2, 0.25) is 0 Å². The Balaban J connectivity index is 1.76. The fourth-order valence-electron chi connectivity index (χ4n) is 4.24. The van der Waals surface area contributed by atoms with Gasteiger partial charge in [0.05, 0.1) is 13.2 Å². The third kappa shape index (κ3) is 7.26. The molecule has 1 aromatic carbocycles. The number of pyridine rings is 1. The Morgan fingerprint density at radius 2 is 1.81 bits per heavy atom. The first-order valence-electron chi connectivity index (χ1n) is 12.1. The average Bonchev–Trinajstić information content (AvgIpc) is 2.92. The summed E-state index contributed by atoms with van der Waals surface area (Å²) in [6.45, 7) is 1.98. The maximum absolute atomic E-state index is 13.5. The Bertz CT molecular complexity index is 1090. The maximum Gasteiger partial charge on any atom is 0.251 e. The zero-order chi connectivity index (χ0) is 26.9. The second kappa shape index (κ2) is 12.8. The van der Waals surface area contributed by atoms with Crippen molar-refractivity contribution in [2.24, 2.45) is 5.73 Å². The second-order valence-corrected chi connectivity index (χ2v) is 9.00. The van der Waals surface area contributed by atoms with Gasteiger partial charge in [0.15, 0.2) is 0 Å². The lowest BCUT2D eigenvalue weighted by atomic mass is 9.94. The fourth-order valence-corrected chi connectivity index (χ4v) is 4.24. The number of nitrogens with two attached hydrogens (primary N) is 1. The van der Waals surface area contributed by atoms with Crippen molar-refractivity contribution in [1.29, 1.82) is 0 Å². The molecule has 4 amide bonds. The number of carbonyl (C=O) groups is 4. The first-order valence-corrected chi connectivity index (χ1v) is 12.1. The number of primary amides is 1. The zero-order valence-electron chi connectivity index (χ0n) is 21.3. The second-order valence-electron chi connectivity index (χ2n) is 9.00. The lowest BCUT2D eigenvalue weighted by molar-refractivity contribution is -0.144. The monoisotopic (exact) mass is 510 g/mol. The van der Waals surface area contributed by atoms with Gasteiger partial charge in [-0.25, -0.2) is 0 Å². The van der Waals surface area contributed by atoms with E-state index in [9.17, 15) is 19.2 Å². The van der Waals surface area contributed by atoms with Crippen LogP contribution >= 0.6 is 0 Å². The number of likely N-dealkylation sites (N-methyl/N-ethyl adjacent to an activating group) is 1. The summed E-state index contributed by atoms with van der Waals surface area (Å²) in [5.74, 6) is -1.06. The van der Waals surface area contributed by atoms with Crippen molar-refractivity contribution in [2.75, 3.05) is 20.7 Å². The number of piperidine rings is 1. The minimum absolute atomic E-state index is 0.181. The van der Waals surface area contributed by atoms with Gasteiger partial charge in [-0.3, -0.25) is 24.2 Å². The predicted octanol–water partition coefficient (Wildman–Crippen LogP) is 0.000300. The van der Waals surface area contributed by atoms with Gasteiger partial charge >= 0.3 is 0 Å². The molecule has 0 saturated carbocycles.